The first kappa shape index (κ1) is 24.9. The molecule has 2 amide bonds. The van der Waals surface area contributed by atoms with Gasteiger partial charge in [-0.05, 0) is 67.6 Å². The van der Waals surface area contributed by atoms with E-state index in [9.17, 15) is 14.4 Å². The maximum atomic E-state index is 13.0. The molecule has 0 atom stereocenters. The van der Waals surface area contributed by atoms with Crippen LogP contribution in [-0.4, -0.2) is 34.0 Å². The molecule has 0 unspecified atom stereocenters. The standard InChI is InChI=1S/C27H26N4O4S/c1-18-25(27(34)31(30(18)2)21-7-5-4-6-8-21)29-24(32)17-36-23-15-11-20(12-16-23)28-26(33)19-9-13-22(35-3)14-10-19/h4-16H,17H2,1-3H3,(H,28,33)(H,29,32). The third kappa shape index (κ3) is 5.52. The normalized spacial score (nSPS) is 10.6. The summed E-state index contributed by atoms with van der Waals surface area (Å²) in [4.78, 5) is 38.8. The van der Waals surface area contributed by atoms with E-state index in [1.807, 2.05) is 42.5 Å². The van der Waals surface area contributed by atoms with Gasteiger partial charge in [-0.3, -0.25) is 19.1 Å². The lowest BCUT2D eigenvalue weighted by atomic mass is 10.2. The average Bonchev–Trinajstić information content (AvgIpc) is 3.11. The molecular formula is C27H26N4O4S. The van der Waals surface area contributed by atoms with Crippen LogP contribution in [0.15, 0.2) is 88.6 Å². The molecule has 0 aliphatic rings. The molecule has 0 spiro atoms. The minimum absolute atomic E-state index is 0.136. The van der Waals surface area contributed by atoms with Crippen LogP contribution in [0.4, 0.5) is 11.4 Å². The third-order valence-corrected chi connectivity index (χ3v) is 6.66. The van der Waals surface area contributed by atoms with Crippen molar-refractivity contribution in [2.24, 2.45) is 7.05 Å². The summed E-state index contributed by atoms with van der Waals surface area (Å²) < 4.78 is 8.36. The van der Waals surface area contributed by atoms with E-state index in [0.29, 0.717) is 22.7 Å². The first-order chi connectivity index (χ1) is 17.4. The van der Waals surface area contributed by atoms with Gasteiger partial charge in [0, 0.05) is 23.2 Å². The molecular weight excluding hydrogens is 476 g/mol. The molecule has 36 heavy (non-hydrogen) atoms. The molecule has 4 aromatic rings. The first-order valence-electron chi connectivity index (χ1n) is 11.2. The maximum absolute atomic E-state index is 13.0. The average molecular weight is 503 g/mol. The van der Waals surface area contributed by atoms with Crippen molar-refractivity contribution in [3.8, 4) is 11.4 Å². The smallest absolute Gasteiger partial charge is 0.295 e. The lowest BCUT2D eigenvalue weighted by molar-refractivity contribution is -0.113. The number of para-hydroxylation sites is 1. The van der Waals surface area contributed by atoms with Crippen molar-refractivity contribution >= 4 is 35.0 Å². The van der Waals surface area contributed by atoms with Crippen molar-refractivity contribution in [2.45, 2.75) is 11.8 Å². The van der Waals surface area contributed by atoms with E-state index in [1.165, 1.54) is 16.4 Å². The van der Waals surface area contributed by atoms with Gasteiger partial charge >= 0.3 is 0 Å². The van der Waals surface area contributed by atoms with Crippen LogP contribution in [0.2, 0.25) is 0 Å². The van der Waals surface area contributed by atoms with Gasteiger partial charge in [0.1, 0.15) is 11.4 Å². The lowest BCUT2D eigenvalue weighted by Gasteiger charge is -2.08. The highest BCUT2D eigenvalue weighted by Gasteiger charge is 2.18. The minimum atomic E-state index is -0.281. The number of rotatable bonds is 8. The number of benzene rings is 3. The van der Waals surface area contributed by atoms with Gasteiger partial charge in [0.25, 0.3) is 11.5 Å². The number of aromatic nitrogens is 2. The molecule has 0 saturated carbocycles. The fourth-order valence-electron chi connectivity index (χ4n) is 3.62. The van der Waals surface area contributed by atoms with Gasteiger partial charge in [-0.2, -0.15) is 0 Å². The Labute approximate surface area is 212 Å². The Morgan fingerprint density at radius 1 is 0.917 bits per heavy atom. The predicted octanol–water partition coefficient (Wildman–Crippen LogP) is 4.48. The molecule has 1 heterocycles. The molecule has 0 aliphatic carbocycles. The van der Waals surface area contributed by atoms with E-state index in [1.54, 1.807) is 62.2 Å². The summed E-state index contributed by atoms with van der Waals surface area (Å²) in [5, 5.41) is 5.61. The van der Waals surface area contributed by atoms with Crippen molar-refractivity contribution in [3.05, 3.63) is 100 Å². The zero-order valence-corrected chi connectivity index (χ0v) is 21.0. The number of amides is 2. The Kier molecular flexibility index (Phi) is 7.60. The molecule has 0 aliphatic heterocycles. The molecule has 8 nitrogen and oxygen atoms in total. The number of carbonyl (C=O) groups is 2. The van der Waals surface area contributed by atoms with Crippen LogP contribution in [0, 0.1) is 6.92 Å². The predicted molar refractivity (Wildman–Crippen MR) is 142 cm³/mol. The zero-order valence-electron chi connectivity index (χ0n) is 20.1. The topological polar surface area (TPSA) is 94.4 Å². The van der Waals surface area contributed by atoms with E-state index in [-0.39, 0.29) is 28.8 Å². The molecule has 1 aromatic heterocycles. The van der Waals surface area contributed by atoms with E-state index < -0.39 is 0 Å². The molecule has 9 heteroatoms. The summed E-state index contributed by atoms with van der Waals surface area (Å²) >= 11 is 1.34. The third-order valence-electron chi connectivity index (χ3n) is 5.65. The number of thioether (sulfide) groups is 1. The van der Waals surface area contributed by atoms with Crippen LogP contribution in [0.25, 0.3) is 5.69 Å². The van der Waals surface area contributed by atoms with Gasteiger partial charge in [-0.15, -0.1) is 11.8 Å². The van der Waals surface area contributed by atoms with Crippen LogP contribution < -0.4 is 20.9 Å². The van der Waals surface area contributed by atoms with Gasteiger partial charge in [-0.1, -0.05) is 18.2 Å². The molecule has 3 aromatic carbocycles. The molecule has 184 valence electrons. The number of anilines is 2. The van der Waals surface area contributed by atoms with Crippen LogP contribution in [-0.2, 0) is 11.8 Å². The summed E-state index contributed by atoms with van der Waals surface area (Å²) in [5.41, 5.74) is 2.54. The van der Waals surface area contributed by atoms with E-state index >= 15 is 0 Å². The van der Waals surface area contributed by atoms with E-state index in [4.69, 9.17) is 4.74 Å². The maximum Gasteiger partial charge on any atom is 0.295 e. The number of hydrogen-bond acceptors (Lipinski definition) is 5. The quantitative estimate of drug-likeness (QED) is 0.347. The van der Waals surface area contributed by atoms with Crippen LogP contribution in [0.3, 0.4) is 0 Å². The summed E-state index contributed by atoms with van der Waals surface area (Å²) in [6.45, 7) is 1.79. The van der Waals surface area contributed by atoms with Crippen molar-refractivity contribution in [1.29, 1.82) is 0 Å². The van der Waals surface area contributed by atoms with Crippen molar-refractivity contribution in [3.63, 3.8) is 0 Å². The highest BCUT2D eigenvalue weighted by atomic mass is 32.2. The summed E-state index contributed by atoms with van der Waals surface area (Å²) in [6, 6.07) is 23.3. The van der Waals surface area contributed by atoms with Crippen molar-refractivity contribution in [1.82, 2.24) is 9.36 Å². The monoisotopic (exact) mass is 502 g/mol. The molecule has 2 N–H and O–H groups in total. The number of ether oxygens (including phenoxy) is 1. The van der Waals surface area contributed by atoms with E-state index in [2.05, 4.69) is 10.6 Å². The number of nitrogens with zero attached hydrogens (tertiary/aromatic N) is 2. The molecule has 4 rings (SSSR count). The lowest BCUT2D eigenvalue weighted by Crippen LogP contribution is -2.23. The highest BCUT2D eigenvalue weighted by Crippen LogP contribution is 2.22. The minimum Gasteiger partial charge on any atom is -0.497 e. The SMILES string of the molecule is COc1ccc(C(=O)Nc2ccc(SCC(=O)Nc3c(C)n(C)n(-c4ccccc4)c3=O)cc2)cc1. The second kappa shape index (κ2) is 11.0. The summed E-state index contributed by atoms with van der Waals surface area (Å²) in [5.74, 6) is 0.317. The first-order valence-corrected chi connectivity index (χ1v) is 12.2. The molecule has 0 radical (unpaired) electrons. The summed E-state index contributed by atoms with van der Waals surface area (Å²) in [7, 11) is 3.35. The van der Waals surface area contributed by atoms with Gasteiger partial charge < -0.3 is 15.4 Å². The fourth-order valence-corrected chi connectivity index (χ4v) is 4.32. The van der Waals surface area contributed by atoms with Gasteiger partial charge in [0.15, 0.2) is 0 Å². The Hall–Kier alpha value is -4.24. The number of methoxy groups -OCH3 is 1. The number of hydrogen-bond donors (Lipinski definition) is 2. The Morgan fingerprint density at radius 2 is 1.58 bits per heavy atom. The highest BCUT2D eigenvalue weighted by molar-refractivity contribution is 8.00. The van der Waals surface area contributed by atoms with Crippen LogP contribution in [0.1, 0.15) is 16.1 Å². The zero-order chi connectivity index (χ0) is 25.7. The molecule has 0 bridgehead atoms. The van der Waals surface area contributed by atoms with Crippen LogP contribution in [0.5, 0.6) is 5.75 Å². The van der Waals surface area contributed by atoms with Crippen molar-refractivity contribution < 1.29 is 14.3 Å². The molecule has 0 saturated heterocycles. The second-order valence-electron chi connectivity index (χ2n) is 7.98. The summed E-state index contributed by atoms with van der Waals surface area (Å²) in [6.07, 6.45) is 0. The Balaban J connectivity index is 1.35. The van der Waals surface area contributed by atoms with Crippen LogP contribution >= 0.6 is 11.8 Å². The van der Waals surface area contributed by atoms with Crippen molar-refractivity contribution in [2.75, 3.05) is 23.5 Å². The van der Waals surface area contributed by atoms with E-state index in [0.717, 1.165) is 10.6 Å². The largest absolute Gasteiger partial charge is 0.497 e. The fraction of sp³-hybridized carbons (Fsp3) is 0.148. The Bertz CT molecular complexity index is 1430. The van der Waals surface area contributed by atoms with Gasteiger partial charge in [-0.25, -0.2) is 4.68 Å². The van der Waals surface area contributed by atoms with Gasteiger partial charge in [0.2, 0.25) is 5.91 Å². The van der Waals surface area contributed by atoms with Gasteiger partial charge in [0.05, 0.1) is 24.2 Å². The number of nitrogens with one attached hydrogen (secondary N) is 2. The number of carbonyl (C=O) groups excluding carboxylic acids is 2. The second-order valence-corrected chi connectivity index (χ2v) is 9.03. The Morgan fingerprint density at radius 3 is 2.22 bits per heavy atom. The molecule has 0 fully saturated rings.